The number of rotatable bonds is 5. The second-order valence-electron chi connectivity index (χ2n) is 6.34. The van der Waals surface area contributed by atoms with Gasteiger partial charge in [0.1, 0.15) is 6.04 Å². The molecular weight excluding hydrogens is 358 g/mol. The first kappa shape index (κ1) is 18.3. The summed E-state index contributed by atoms with van der Waals surface area (Å²) in [7, 11) is -3.39. The summed E-state index contributed by atoms with van der Waals surface area (Å²) >= 11 is 1.57. The van der Waals surface area contributed by atoms with E-state index in [9.17, 15) is 13.2 Å². The number of aromatic nitrogens is 1. The maximum absolute atomic E-state index is 12.7. The zero-order chi connectivity index (χ0) is 18.0. The van der Waals surface area contributed by atoms with Crippen LogP contribution in [0.25, 0.3) is 10.2 Å². The standard InChI is InChI=1S/C17H23N3O3S2/c1-3-10-25(22,23)20-9-5-4-6-15(20)17(21)19-13-7-8-14-16(11-13)24-12(2)18-14/h7-8,11,15H,3-6,9-10H2,1-2H3,(H,19,21). The number of nitrogens with zero attached hydrogens (tertiary/aromatic N) is 2. The summed E-state index contributed by atoms with van der Waals surface area (Å²) in [4.78, 5) is 17.1. The number of sulfonamides is 1. The van der Waals surface area contributed by atoms with Crippen molar-refractivity contribution in [1.82, 2.24) is 9.29 Å². The van der Waals surface area contributed by atoms with Crippen LogP contribution in [0.2, 0.25) is 0 Å². The van der Waals surface area contributed by atoms with Crippen LogP contribution in [0.15, 0.2) is 18.2 Å². The third-order valence-electron chi connectivity index (χ3n) is 4.34. The third kappa shape index (κ3) is 4.02. The lowest BCUT2D eigenvalue weighted by Crippen LogP contribution is -2.50. The Balaban J connectivity index is 1.79. The van der Waals surface area contributed by atoms with E-state index in [1.54, 1.807) is 11.3 Å². The predicted octanol–water partition coefficient (Wildman–Crippen LogP) is 3.14. The molecule has 1 aliphatic rings. The fraction of sp³-hybridized carbons (Fsp3) is 0.529. The van der Waals surface area contributed by atoms with E-state index in [1.165, 1.54) is 4.31 Å². The monoisotopic (exact) mass is 381 g/mol. The highest BCUT2D eigenvalue weighted by atomic mass is 32.2. The molecule has 0 aliphatic carbocycles. The first-order valence-electron chi connectivity index (χ1n) is 8.58. The van der Waals surface area contributed by atoms with Gasteiger partial charge in [0.25, 0.3) is 0 Å². The number of fused-ring (bicyclic) bond motifs is 1. The SMILES string of the molecule is CCCS(=O)(=O)N1CCCCC1C(=O)Nc1ccc2nc(C)sc2c1. The summed E-state index contributed by atoms with van der Waals surface area (Å²) in [5.74, 6) is -0.164. The summed E-state index contributed by atoms with van der Waals surface area (Å²) in [6.45, 7) is 4.21. The molecule has 1 atom stereocenters. The molecular formula is C17H23N3O3S2. The summed E-state index contributed by atoms with van der Waals surface area (Å²) in [5.41, 5.74) is 1.59. The molecule has 0 saturated carbocycles. The van der Waals surface area contributed by atoms with Crippen LogP contribution < -0.4 is 5.32 Å². The fourth-order valence-electron chi connectivity index (χ4n) is 3.22. The number of nitrogens with one attached hydrogen (secondary N) is 1. The van der Waals surface area contributed by atoms with Gasteiger partial charge in [-0.25, -0.2) is 13.4 Å². The molecule has 1 N–H and O–H groups in total. The van der Waals surface area contributed by atoms with Crippen molar-refractivity contribution in [3.05, 3.63) is 23.2 Å². The van der Waals surface area contributed by atoms with Crippen molar-refractivity contribution >= 4 is 43.2 Å². The summed E-state index contributed by atoms with van der Waals surface area (Å²) < 4.78 is 27.3. The maximum Gasteiger partial charge on any atom is 0.242 e. The van der Waals surface area contributed by atoms with Gasteiger partial charge in [0.05, 0.1) is 21.0 Å². The average molecular weight is 382 g/mol. The van der Waals surface area contributed by atoms with E-state index in [0.29, 0.717) is 25.1 Å². The second kappa shape index (κ2) is 7.39. The molecule has 0 radical (unpaired) electrons. The number of hydrogen-bond donors (Lipinski definition) is 1. The van der Waals surface area contributed by atoms with Gasteiger partial charge < -0.3 is 5.32 Å². The Morgan fingerprint density at radius 1 is 1.40 bits per heavy atom. The van der Waals surface area contributed by atoms with Gasteiger partial charge in [-0.1, -0.05) is 13.3 Å². The molecule has 1 aliphatic heterocycles. The minimum Gasteiger partial charge on any atom is -0.325 e. The molecule has 1 unspecified atom stereocenters. The largest absolute Gasteiger partial charge is 0.325 e. The highest BCUT2D eigenvalue weighted by Crippen LogP contribution is 2.26. The number of piperidine rings is 1. The molecule has 0 spiro atoms. The molecule has 3 rings (SSSR count). The van der Waals surface area contributed by atoms with Crippen molar-refractivity contribution in [2.45, 2.75) is 45.6 Å². The lowest BCUT2D eigenvalue weighted by Gasteiger charge is -2.33. The van der Waals surface area contributed by atoms with Gasteiger partial charge in [0.15, 0.2) is 0 Å². The molecule has 2 aromatic rings. The van der Waals surface area contributed by atoms with Crippen LogP contribution in [0.5, 0.6) is 0 Å². The fourth-order valence-corrected chi connectivity index (χ4v) is 5.83. The summed E-state index contributed by atoms with van der Waals surface area (Å²) in [6, 6.07) is 4.96. The second-order valence-corrected chi connectivity index (χ2v) is 9.62. The molecule has 136 valence electrons. The Bertz CT molecular complexity index is 876. The van der Waals surface area contributed by atoms with Crippen molar-refractivity contribution in [3.63, 3.8) is 0 Å². The number of carbonyl (C=O) groups excluding carboxylic acids is 1. The van der Waals surface area contributed by atoms with Crippen LogP contribution in [0.1, 0.15) is 37.6 Å². The molecule has 6 nitrogen and oxygen atoms in total. The number of carbonyl (C=O) groups is 1. The zero-order valence-electron chi connectivity index (χ0n) is 14.5. The quantitative estimate of drug-likeness (QED) is 0.863. The third-order valence-corrected chi connectivity index (χ3v) is 7.35. The van der Waals surface area contributed by atoms with Gasteiger partial charge in [0, 0.05) is 12.2 Å². The van der Waals surface area contributed by atoms with Crippen LogP contribution in [0.3, 0.4) is 0 Å². The lowest BCUT2D eigenvalue weighted by molar-refractivity contribution is -0.120. The van der Waals surface area contributed by atoms with Gasteiger partial charge in [-0.3, -0.25) is 4.79 Å². The Morgan fingerprint density at radius 3 is 2.96 bits per heavy atom. The van der Waals surface area contributed by atoms with Crippen molar-refractivity contribution < 1.29 is 13.2 Å². The van der Waals surface area contributed by atoms with Gasteiger partial charge in [-0.15, -0.1) is 11.3 Å². The van der Waals surface area contributed by atoms with Crippen molar-refractivity contribution in [1.29, 1.82) is 0 Å². The van der Waals surface area contributed by atoms with E-state index in [1.807, 2.05) is 32.0 Å². The van der Waals surface area contributed by atoms with E-state index >= 15 is 0 Å². The van der Waals surface area contributed by atoms with E-state index in [4.69, 9.17) is 0 Å². The molecule has 25 heavy (non-hydrogen) atoms. The first-order chi connectivity index (χ1) is 11.9. The van der Waals surface area contributed by atoms with Gasteiger partial charge in [-0.05, 0) is 44.4 Å². The van der Waals surface area contributed by atoms with Gasteiger partial charge >= 0.3 is 0 Å². The van der Waals surface area contributed by atoms with E-state index in [0.717, 1.165) is 28.1 Å². The Labute approximate surface area is 152 Å². The number of anilines is 1. The van der Waals surface area contributed by atoms with Crippen LogP contribution in [-0.4, -0.2) is 42.0 Å². The molecule has 2 heterocycles. The molecule has 1 aromatic carbocycles. The minimum absolute atomic E-state index is 0.0862. The van der Waals surface area contributed by atoms with Crippen LogP contribution >= 0.6 is 11.3 Å². The van der Waals surface area contributed by atoms with Gasteiger partial charge in [-0.2, -0.15) is 4.31 Å². The Hall–Kier alpha value is -1.51. The molecule has 8 heteroatoms. The summed E-state index contributed by atoms with van der Waals surface area (Å²) in [5, 5.41) is 3.87. The van der Waals surface area contributed by atoms with E-state index < -0.39 is 16.1 Å². The molecule has 1 fully saturated rings. The number of amides is 1. The number of aryl methyl sites for hydroxylation is 1. The van der Waals surface area contributed by atoms with Crippen molar-refractivity contribution in [2.75, 3.05) is 17.6 Å². The highest BCUT2D eigenvalue weighted by molar-refractivity contribution is 7.89. The van der Waals surface area contributed by atoms with Crippen LogP contribution in [0.4, 0.5) is 5.69 Å². The predicted molar refractivity (Wildman–Crippen MR) is 101 cm³/mol. The molecule has 0 bridgehead atoms. The molecule has 1 saturated heterocycles. The normalized spacial score (nSPS) is 19.2. The van der Waals surface area contributed by atoms with Crippen molar-refractivity contribution in [2.24, 2.45) is 0 Å². The van der Waals surface area contributed by atoms with Crippen LogP contribution in [-0.2, 0) is 14.8 Å². The topological polar surface area (TPSA) is 79.4 Å². The number of thiazole rings is 1. The maximum atomic E-state index is 12.7. The van der Waals surface area contributed by atoms with Crippen LogP contribution in [0, 0.1) is 6.92 Å². The number of hydrogen-bond acceptors (Lipinski definition) is 5. The minimum atomic E-state index is -3.39. The highest BCUT2D eigenvalue weighted by Gasteiger charge is 2.36. The smallest absolute Gasteiger partial charge is 0.242 e. The first-order valence-corrected chi connectivity index (χ1v) is 11.0. The Kier molecular flexibility index (Phi) is 5.41. The van der Waals surface area contributed by atoms with Crippen molar-refractivity contribution in [3.8, 4) is 0 Å². The van der Waals surface area contributed by atoms with E-state index in [2.05, 4.69) is 10.3 Å². The average Bonchev–Trinajstić information content (AvgIpc) is 2.94. The van der Waals surface area contributed by atoms with Gasteiger partial charge in [0.2, 0.25) is 15.9 Å². The molecule has 1 aromatic heterocycles. The van der Waals surface area contributed by atoms with E-state index in [-0.39, 0.29) is 11.7 Å². The lowest BCUT2D eigenvalue weighted by atomic mass is 10.0. The Morgan fingerprint density at radius 2 is 2.20 bits per heavy atom. The zero-order valence-corrected chi connectivity index (χ0v) is 16.1. The summed E-state index contributed by atoms with van der Waals surface area (Å²) in [6.07, 6.45) is 2.79. The number of benzene rings is 1. The molecule has 1 amide bonds.